The van der Waals surface area contributed by atoms with Crippen LogP contribution < -0.4 is 15.0 Å². The number of rotatable bonds is 5. The number of ether oxygens (including phenoxy) is 1. The number of nitrogens with one attached hydrogen (secondary N) is 1. The molecule has 7 heteroatoms. The topological polar surface area (TPSA) is 84.7 Å². The van der Waals surface area contributed by atoms with Gasteiger partial charge in [-0.2, -0.15) is 0 Å². The predicted molar refractivity (Wildman–Crippen MR) is 106 cm³/mol. The Balaban J connectivity index is 1.84. The molecule has 2 amide bonds. The van der Waals surface area contributed by atoms with Gasteiger partial charge >= 0.3 is 0 Å². The van der Waals surface area contributed by atoms with Crippen molar-refractivity contribution in [3.05, 3.63) is 41.6 Å². The average Bonchev–Trinajstić information content (AvgIpc) is 3.11. The number of hydrogen-bond donors (Lipinski definition) is 1. The first-order valence-corrected chi connectivity index (χ1v) is 9.52. The zero-order valence-corrected chi connectivity index (χ0v) is 17.0. The summed E-state index contributed by atoms with van der Waals surface area (Å²) in [6.07, 6.45) is 2.15. The van der Waals surface area contributed by atoms with Crippen molar-refractivity contribution in [1.29, 1.82) is 0 Å². The minimum Gasteiger partial charge on any atom is -0.482 e. The van der Waals surface area contributed by atoms with E-state index < -0.39 is 0 Å². The van der Waals surface area contributed by atoms with Crippen LogP contribution in [0.15, 0.2) is 28.9 Å². The molecular weight excluding hydrogens is 358 g/mol. The van der Waals surface area contributed by atoms with Gasteiger partial charge in [-0.25, -0.2) is 4.98 Å². The van der Waals surface area contributed by atoms with Gasteiger partial charge in [-0.05, 0) is 36.5 Å². The van der Waals surface area contributed by atoms with Crippen LogP contribution in [0.25, 0.3) is 0 Å². The van der Waals surface area contributed by atoms with Gasteiger partial charge in [0.15, 0.2) is 12.3 Å². The summed E-state index contributed by atoms with van der Waals surface area (Å²) < 4.78 is 11.0. The van der Waals surface area contributed by atoms with E-state index in [1.165, 1.54) is 6.26 Å². The molecule has 0 radical (unpaired) electrons. The second-order valence-corrected chi connectivity index (χ2v) is 8.11. The SMILES string of the molecule is CC[C@H](C)NC(=O)c1coc(CN2C(=O)COc3ccc(C(C)(C)C)cc32)n1. The zero-order chi connectivity index (χ0) is 20.5. The molecule has 0 fully saturated rings. The third-order valence-corrected chi connectivity index (χ3v) is 4.84. The Morgan fingerprint density at radius 3 is 2.79 bits per heavy atom. The summed E-state index contributed by atoms with van der Waals surface area (Å²) in [6, 6.07) is 5.91. The van der Waals surface area contributed by atoms with Crippen LogP contribution >= 0.6 is 0 Å². The van der Waals surface area contributed by atoms with Crippen molar-refractivity contribution >= 4 is 17.5 Å². The summed E-state index contributed by atoms with van der Waals surface area (Å²) in [5, 5.41) is 2.85. The summed E-state index contributed by atoms with van der Waals surface area (Å²) in [6.45, 7) is 10.4. The van der Waals surface area contributed by atoms with E-state index in [0.717, 1.165) is 12.0 Å². The normalized spacial score (nSPS) is 15.0. The molecule has 0 bridgehead atoms. The second kappa shape index (κ2) is 7.66. The molecule has 150 valence electrons. The van der Waals surface area contributed by atoms with Gasteiger partial charge in [0.1, 0.15) is 18.6 Å². The molecule has 1 aromatic carbocycles. The highest BCUT2D eigenvalue weighted by atomic mass is 16.5. The summed E-state index contributed by atoms with van der Waals surface area (Å²) in [5.41, 5.74) is 1.92. The molecule has 0 spiro atoms. The number of aromatic nitrogens is 1. The summed E-state index contributed by atoms with van der Waals surface area (Å²) in [5.74, 6) is 0.487. The first kappa shape index (κ1) is 19.9. The number of amides is 2. The van der Waals surface area contributed by atoms with Gasteiger partial charge in [-0.1, -0.05) is 33.8 Å². The third-order valence-electron chi connectivity index (χ3n) is 4.84. The van der Waals surface area contributed by atoms with E-state index >= 15 is 0 Å². The Morgan fingerprint density at radius 1 is 1.36 bits per heavy atom. The smallest absolute Gasteiger partial charge is 0.273 e. The van der Waals surface area contributed by atoms with E-state index in [1.54, 1.807) is 4.90 Å². The first-order valence-electron chi connectivity index (χ1n) is 9.52. The molecule has 0 unspecified atom stereocenters. The van der Waals surface area contributed by atoms with E-state index in [4.69, 9.17) is 9.15 Å². The van der Waals surface area contributed by atoms with Crippen molar-refractivity contribution < 1.29 is 18.7 Å². The second-order valence-electron chi connectivity index (χ2n) is 8.11. The molecule has 2 heterocycles. The standard InChI is InChI=1S/C21H27N3O4/c1-6-13(2)22-20(26)15-11-28-18(23-15)10-24-16-9-14(21(3,4)5)7-8-17(16)27-12-19(24)25/h7-9,11,13H,6,10,12H2,1-5H3,(H,22,26)/t13-/m0/s1. The van der Waals surface area contributed by atoms with Crippen molar-refractivity contribution in [2.24, 2.45) is 0 Å². The Kier molecular flexibility index (Phi) is 5.45. The van der Waals surface area contributed by atoms with Crippen LogP contribution in [-0.2, 0) is 16.8 Å². The van der Waals surface area contributed by atoms with E-state index in [-0.39, 0.29) is 42.1 Å². The van der Waals surface area contributed by atoms with E-state index in [9.17, 15) is 9.59 Å². The fourth-order valence-electron chi connectivity index (χ4n) is 2.86. The molecule has 0 saturated carbocycles. The van der Waals surface area contributed by atoms with Crippen molar-refractivity contribution in [2.75, 3.05) is 11.5 Å². The average molecular weight is 385 g/mol. The van der Waals surface area contributed by atoms with Crippen LogP contribution in [0.5, 0.6) is 5.75 Å². The Bertz CT molecular complexity index is 882. The Labute approximate surface area is 165 Å². The number of anilines is 1. The molecule has 1 atom stereocenters. The van der Waals surface area contributed by atoms with Crippen LogP contribution in [0.4, 0.5) is 5.69 Å². The molecule has 28 heavy (non-hydrogen) atoms. The quantitative estimate of drug-likeness (QED) is 0.852. The lowest BCUT2D eigenvalue weighted by Crippen LogP contribution is -2.38. The van der Waals surface area contributed by atoms with Crippen molar-refractivity contribution in [2.45, 2.75) is 59.0 Å². The predicted octanol–water partition coefficient (Wildman–Crippen LogP) is 3.43. The summed E-state index contributed by atoms with van der Waals surface area (Å²) in [4.78, 5) is 30.6. The van der Waals surface area contributed by atoms with Crippen LogP contribution in [0.2, 0.25) is 0 Å². The lowest BCUT2D eigenvalue weighted by Gasteiger charge is -2.30. The van der Waals surface area contributed by atoms with Crippen molar-refractivity contribution in [3.8, 4) is 5.75 Å². The minimum atomic E-state index is -0.284. The van der Waals surface area contributed by atoms with Crippen LogP contribution in [0.3, 0.4) is 0 Å². The number of nitrogens with zero attached hydrogens (tertiary/aromatic N) is 2. The molecule has 1 aromatic heterocycles. The maximum absolute atomic E-state index is 12.5. The highest BCUT2D eigenvalue weighted by molar-refractivity contribution is 5.98. The van der Waals surface area contributed by atoms with Gasteiger partial charge in [0.25, 0.3) is 11.8 Å². The Morgan fingerprint density at radius 2 is 2.11 bits per heavy atom. The maximum Gasteiger partial charge on any atom is 0.273 e. The molecule has 0 aliphatic carbocycles. The zero-order valence-electron chi connectivity index (χ0n) is 17.0. The fourth-order valence-corrected chi connectivity index (χ4v) is 2.86. The van der Waals surface area contributed by atoms with Crippen LogP contribution in [-0.4, -0.2) is 29.4 Å². The lowest BCUT2D eigenvalue weighted by molar-refractivity contribution is -0.121. The number of carbonyl (C=O) groups is 2. The molecule has 2 aromatic rings. The van der Waals surface area contributed by atoms with Gasteiger partial charge in [-0.3, -0.25) is 14.5 Å². The van der Waals surface area contributed by atoms with Crippen molar-refractivity contribution in [1.82, 2.24) is 10.3 Å². The largest absolute Gasteiger partial charge is 0.482 e. The molecule has 3 rings (SSSR count). The van der Waals surface area contributed by atoms with Gasteiger partial charge in [0.05, 0.1) is 5.69 Å². The molecule has 1 aliphatic heterocycles. The first-order chi connectivity index (χ1) is 13.2. The number of fused-ring (bicyclic) bond motifs is 1. The molecule has 0 saturated heterocycles. The van der Waals surface area contributed by atoms with Gasteiger partial charge in [-0.15, -0.1) is 0 Å². The Hall–Kier alpha value is -2.83. The van der Waals surface area contributed by atoms with E-state index in [1.807, 2.05) is 32.0 Å². The highest BCUT2D eigenvalue weighted by Gasteiger charge is 2.29. The van der Waals surface area contributed by atoms with E-state index in [2.05, 4.69) is 31.1 Å². The molecule has 7 nitrogen and oxygen atoms in total. The highest BCUT2D eigenvalue weighted by Crippen LogP contribution is 2.37. The van der Waals surface area contributed by atoms with Gasteiger partial charge in [0.2, 0.25) is 5.89 Å². The molecular formula is C21H27N3O4. The van der Waals surface area contributed by atoms with Gasteiger partial charge < -0.3 is 14.5 Å². The summed E-state index contributed by atoms with van der Waals surface area (Å²) in [7, 11) is 0. The number of carbonyl (C=O) groups excluding carboxylic acids is 2. The third kappa shape index (κ3) is 4.18. The van der Waals surface area contributed by atoms with Crippen LogP contribution in [0, 0.1) is 0 Å². The van der Waals surface area contributed by atoms with E-state index in [0.29, 0.717) is 17.3 Å². The maximum atomic E-state index is 12.5. The lowest BCUT2D eigenvalue weighted by atomic mass is 9.86. The van der Waals surface area contributed by atoms with Gasteiger partial charge in [0, 0.05) is 6.04 Å². The number of hydrogen-bond acceptors (Lipinski definition) is 5. The molecule has 1 aliphatic rings. The monoisotopic (exact) mass is 385 g/mol. The minimum absolute atomic E-state index is 0.0378. The van der Waals surface area contributed by atoms with Crippen LogP contribution in [0.1, 0.15) is 63.0 Å². The number of benzene rings is 1. The number of oxazole rings is 1. The van der Waals surface area contributed by atoms with Crippen molar-refractivity contribution in [3.63, 3.8) is 0 Å². The molecule has 1 N–H and O–H groups in total. The fraction of sp³-hybridized carbons (Fsp3) is 0.476. The summed E-state index contributed by atoms with van der Waals surface area (Å²) >= 11 is 0.